The number of Topliss-reactive ketones (excluding diaryl/α,β-unsaturated/α-hetero) is 1. The van der Waals surface area contributed by atoms with Crippen LogP contribution in [-0.4, -0.2) is 18.3 Å². The number of carbonyl (C=O) groups is 2. The summed E-state index contributed by atoms with van der Waals surface area (Å²) in [5.41, 5.74) is 3.67. The van der Waals surface area contributed by atoms with Crippen LogP contribution in [0.25, 0.3) is 0 Å². The molecule has 0 unspecified atom stereocenters. The van der Waals surface area contributed by atoms with Crippen LogP contribution >= 0.6 is 0 Å². The normalized spacial score (nSPS) is 10.9. The van der Waals surface area contributed by atoms with Crippen molar-refractivity contribution in [2.75, 3.05) is 11.9 Å². The van der Waals surface area contributed by atoms with E-state index in [-0.39, 0.29) is 18.3 Å². The number of ether oxygens (including phenoxy) is 1. The number of nitrogens with one attached hydrogen (secondary N) is 1. The molecule has 0 saturated heterocycles. The number of hydrogen-bond acceptors (Lipinski definition) is 3. The van der Waals surface area contributed by atoms with E-state index in [2.05, 4.69) is 33.0 Å². The van der Waals surface area contributed by atoms with Gasteiger partial charge in [0.1, 0.15) is 5.75 Å². The molecule has 0 atom stereocenters. The molecule has 1 N–H and O–H groups in total. The van der Waals surface area contributed by atoms with Crippen LogP contribution in [0.2, 0.25) is 0 Å². The number of benzene rings is 2. The van der Waals surface area contributed by atoms with Gasteiger partial charge in [0, 0.05) is 11.3 Å². The molecule has 138 valence electrons. The van der Waals surface area contributed by atoms with Crippen molar-refractivity contribution in [1.29, 1.82) is 0 Å². The fourth-order valence-electron chi connectivity index (χ4n) is 2.82. The molecule has 0 radical (unpaired) electrons. The smallest absolute Gasteiger partial charge is 0.262 e. The Kier molecular flexibility index (Phi) is 6.56. The van der Waals surface area contributed by atoms with Gasteiger partial charge in [-0.05, 0) is 42.0 Å². The summed E-state index contributed by atoms with van der Waals surface area (Å²) in [6.45, 7) is 9.84. The van der Waals surface area contributed by atoms with Crippen LogP contribution in [0.4, 0.5) is 5.69 Å². The molecular weight excluding hydrogens is 326 g/mol. The molecule has 0 aliphatic carbocycles. The average Bonchev–Trinajstić information content (AvgIpc) is 2.60. The predicted molar refractivity (Wildman–Crippen MR) is 105 cm³/mol. The van der Waals surface area contributed by atoms with Crippen molar-refractivity contribution in [3.63, 3.8) is 0 Å². The molecule has 2 aromatic carbocycles. The highest BCUT2D eigenvalue weighted by atomic mass is 16.5. The Hall–Kier alpha value is -2.62. The van der Waals surface area contributed by atoms with Gasteiger partial charge in [0.2, 0.25) is 0 Å². The summed E-state index contributed by atoms with van der Waals surface area (Å²) >= 11 is 0. The zero-order valence-corrected chi connectivity index (χ0v) is 16.1. The first-order chi connectivity index (χ1) is 12.3. The second-order valence-electron chi connectivity index (χ2n) is 7.04. The highest BCUT2D eigenvalue weighted by molar-refractivity contribution is 5.95. The van der Waals surface area contributed by atoms with Gasteiger partial charge in [-0.1, -0.05) is 58.0 Å². The third kappa shape index (κ3) is 4.94. The van der Waals surface area contributed by atoms with E-state index < -0.39 is 0 Å². The highest BCUT2D eigenvalue weighted by Gasteiger charge is 2.16. The van der Waals surface area contributed by atoms with Crippen molar-refractivity contribution in [2.24, 2.45) is 0 Å². The van der Waals surface area contributed by atoms with E-state index in [1.54, 1.807) is 24.3 Å². The third-order valence-corrected chi connectivity index (χ3v) is 4.25. The number of anilines is 1. The first-order valence-electron chi connectivity index (χ1n) is 8.96. The zero-order valence-electron chi connectivity index (χ0n) is 16.1. The molecule has 2 aromatic rings. The molecule has 1 amide bonds. The molecule has 4 heteroatoms. The van der Waals surface area contributed by atoms with Gasteiger partial charge in [-0.2, -0.15) is 0 Å². The number of para-hydroxylation sites is 1. The second-order valence-corrected chi connectivity index (χ2v) is 7.04. The fraction of sp³-hybridized carbons (Fsp3) is 0.364. The lowest BCUT2D eigenvalue weighted by Crippen LogP contribution is -2.22. The minimum Gasteiger partial charge on any atom is -0.484 e. The van der Waals surface area contributed by atoms with Crippen molar-refractivity contribution in [2.45, 2.75) is 46.5 Å². The van der Waals surface area contributed by atoms with Gasteiger partial charge in [0.15, 0.2) is 12.4 Å². The molecule has 0 fully saturated rings. The Morgan fingerprint density at radius 2 is 1.54 bits per heavy atom. The van der Waals surface area contributed by atoms with Gasteiger partial charge in [-0.25, -0.2) is 0 Å². The minimum absolute atomic E-state index is 0.0349. The number of amides is 1. The molecule has 0 aromatic heterocycles. The van der Waals surface area contributed by atoms with Gasteiger partial charge in [-0.3, -0.25) is 9.59 Å². The molecule has 26 heavy (non-hydrogen) atoms. The standard InChI is InChI=1S/C22H27NO3/c1-14(2)19-10-7-11-20(15(3)4)22(19)23-21(25)13-26-18-9-6-8-17(12-18)16(5)24/h6-12,14-15H,13H2,1-5H3,(H,23,25). The zero-order chi connectivity index (χ0) is 19.3. The molecule has 2 rings (SSSR count). The van der Waals surface area contributed by atoms with Crippen LogP contribution in [0.15, 0.2) is 42.5 Å². The highest BCUT2D eigenvalue weighted by Crippen LogP contribution is 2.32. The lowest BCUT2D eigenvalue weighted by molar-refractivity contribution is -0.118. The quantitative estimate of drug-likeness (QED) is 0.700. The monoisotopic (exact) mass is 353 g/mol. The molecule has 0 bridgehead atoms. The van der Waals surface area contributed by atoms with Crippen LogP contribution in [0.3, 0.4) is 0 Å². The molecule has 0 aliphatic rings. The molecular formula is C22H27NO3. The van der Waals surface area contributed by atoms with E-state index in [1.807, 2.05) is 18.2 Å². The second kappa shape index (κ2) is 8.65. The maximum atomic E-state index is 12.5. The number of carbonyl (C=O) groups excluding carboxylic acids is 2. The summed E-state index contributed by atoms with van der Waals surface area (Å²) in [4.78, 5) is 23.9. The number of hydrogen-bond donors (Lipinski definition) is 1. The van der Waals surface area contributed by atoms with Crippen LogP contribution in [0.5, 0.6) is 5.75 Å². The topological polar surface area (TPSA) is 55.4 Å². The Morgan fingerprint density at radius 1 is 0.962 bits per heavy atom. The van der Waals surface area contributed by atoms with E-state index in [0.29, 0.717) is 23.1 Å². The van der Waals surface area contributed by atoms with Crippen LogP contribution < -0.4 is 10.1 Å². The Morgan fingerprint density at radius 3 is 2.08 bits per heavy atom. The van der Waals surface area contributed by atoms with E-state index in [4.69, 9.17) is 4.74 Å². The van der Waals surface area contributed by atoms with Gasteiger partial charge in [0.25, 0.3) is 5.91 Å². The lowest BCUT2D eigenvalue weighted by Gasteiger charge is -2.20. The van der Waals surface area contributed by atoms with Gasteiger partial charge in [-0.15, -0.1) is 0 Å². The largest absolute Gasteiger partial charge is 0.484 e. The SMILES string of the molecule is CC(=O)c1cccc(OCC(=O)Nc2c(C(C)C)cccc2C(C)C)c1. The molecule has 0 saturated carbocycles. The van der Waals surface area contributed by atoms with E-state index in [1.165, 1.54) is 6.92 Å². The predicted octanol–water partition coefficient (Wildman–Crippen LogP) is 5.15. The number of rotatable bonds is 7. The van der Waals surface area contributed by atoms with E-state index in [9.17, 15) is 9.59 Å². The lowest BCUT2D eigenvalue weighted by atomic mass is 9.92. The first-order valence-corrected chi connectivity index (χ1v) is 8.96. The van der Waals surface area contributed by atoms with Crippen LogP contribution in [0, 0.1) is 0 Å². The summed E-state index contributed by atoms with van der Waals surface area (Å²) in [5, 5.41) is 3.02. The van der Waals surface area contributed by atoms with Crippen molar-refractivity contribution >= 4 is 17.4 Å². The van der Waals surface area contributed by atoms with Crippen molar-refractivity contribution in [3.8, 4) is 5.75 Å². The van der Waals surface area contributed by atoms with Gasteiger partial charge >= 0.3 is 0 Å². The van der Waals surface area contributed by atoms with Crippen molar-refractivity contribution in [1.82, 2.24) is 0 Å². The van der Waals surface area contributed by atoms with E-state index >= 15 is 0 Å². The average molecular weight is 353 g/mol. The molecule has 4 nitrogen and oxygen atoms in total. The van der Waals surface area contributed by atoms with Crippen molar-refractivity contribution < 1.29 is 14.3 Å². The number of ketones is 1. The summed E-state index contributed by atoms with van der Waals surface area (Å²) in [6, 6.07) is 13.0. The summed E-state index contributed by atoms with van der Waals surface area (Å²) in [6.07, 6.45) is 0. The summed E-state index contributed by atoms with van der Waals surface area (Å²) in [7, 11) is 0. The Bertz CT molecular complexity index is 767. The van der Waals surface area contributed by atoms with Gasteiger partial charge in [0.05, 0.1) is 0 Å². The van der Waals surface area contributed by atoms with Crippen LogP contribution in [-0.2, 0) is 4.79 Å². The molecule has 0 spiro atoms. The van der Waals surface area contributed by atoms with Gasteiger partial charge < -0.3 is 10.1 Å². The maximum absolute atomic E-state index is 12.5. The molecule has 0 aliphatic heterocycles. The summed E-state index contributed by atoms with van der Waals surface area (Å²) < 4.78 is 5.57. The van der Waals surface area contributed by atoms with Crippen molar-refractivity contribution in [3.05, 3.63) is 59.2 Å². The Balaban J connectivity index is 2.13. The van der Waals surface area contributed by atoms with E-state index in [0.717, 1.165) is 16.8 Å². The Labute approximate surface area is 155 Å². The third-order valence-electron chi connectivity index (χ3n) is 4.25. The molecule has 0 heterocycles. The maximum Gasteiger partial charge on any atom is 0.262 e. The fourth-order valence-corrected chi connectivity index (χ4v) is 2.82. The first kappa shape index (κ1) is 19.7. The van der Waals surface area contributed by atoms with Crippen LogP contribution in [0.1, 0.15) is 67.9 Å². The minimum atomic E-state index is -0.215. The summed E-state index contributed by atoms with van der Waals surface area (Å²) in [5.74, 6) is 0.865.